The highest BCUT2D eigenvalue weighted by molar-refractivity contribution is 7.92. The molecule has 0 saturated carbocycles. The Kier molecular flexibility index (Phi) is 4.32. The molecule has 0 saturated heterocycles. The molecule has 3 nitrogen and oxygen atoms in total. The van der Waals surface area contributed by atoms with Crippen LogP contribution in [0.4, 0.5) is 10.1 Å². The summed E-state index contributed by atoms with van der Waals surface area (Å²) in [6.45, 7) is 6.08. The zero-order chi connectivity index (χ0) is 15.6. The molecule has 2 aromatic carbocycles. The van der Waals surface area contributed by atoms with E-state index in [2.05, 4.69) is 18.6 Å². The zero-order valence-electron chi connectivity index (χ0n) is 12.2. The molecule has 0 spiro atoms. The molecule has 1 N–H and O–H groups in total. The molecule has 0 bridgehead atoms. The van der Waals surface area contributed by atoms with Crippen molar-refractivity contribution in [1.82, 2.24) is 0 Å². The maximum absolute atomic E-state index is 13.6. The normalized spacial score (nSPS) is 11.7. The second-order valence-electron chi connectivity index (χ2n) is 5.26. The second-order valence-corrected chi connectivity index (χ2v) is 6.91. The van der Waals surface area contributed by atoms with Gasteiger partial charge in [0.25, 0.3) is 10.0 Å². The summed E-state index contributed by atoms with van der Waals surface area (Å²) in [4.78, 5) is -0.351. The van der Waals surface area contributed by atoms with Crippen molar-refractivity contribution in [1.29, 1.82) is 0 Å². The van der Waals surface area contributed by atoms with Gasteiger partial charge in [-0.2, -0.15) is 0 Å². The minimum Gasteiger partial charge on any atom is -0.280 e. The van der Waals surface area contributed by atoms with E-state index in [0.717, 1.165) is 17.2 Å². The van der Waals surface area contributed by atoms with Crippen molar-refractivity contribution in [2.75, 3.05) is 4.72 Å². The molecular weight excluding hydrogens is 289 g/mol. The second kappa shape index (κ2) is 5.85. The molecule has 0 unspecified atom stereocenters. The predicted octanol–water partition coefficient (Wildman–Crippen LogP) is 4.06. The van der Waals surface area contributed by atoms with Gasteiger partial charge in [-0.3, -0.25) is 4.72 Å². The maximum atomic E-state index is 13.6. The number of anilines is 1. The molecule has 0 atom stereocenters. The van der Waals surface area contributed by atoms with Gasteiger partial charge in [-0.05, 0) is 48.2 Å². The lowest BCUT2D eigenvalue weighted by molar-refractivity contribution is 0.570. The van der Waals surface area contributed by atoms with Gasteiger partial charge in [0.1, 0.15) is 10.7 Å². The molecule has 0 aliphatic carbocycles. The van der Waals surface area contributed by atoms with E-state index < -0.39 is 15.8 Å². The Morgan fingerprint density at radius 2 is 1.76 bits per heavy atom. The average Bonchev–Trinajstić information content (AvgIpc) is 2.38. The fraction of sp³-hybridized carbons (Fsp3) is 0.250. The number of hydrogen-bond acceptors (Lipinski definition) is 2. The Morgan fingerprint density at radius 1 is 1.10 bits per heavy atom. The van der Waals surface area contributed by atoms with Gasteiger partial charge >= 0.3 is 0 Å². The Hall–Kier alpha value is -1.88. The fourth-order valence-corrected chi connectivity index (χ4v) is 3.39. The van der Waals surface area contributed by atoms with E-state index in [9.17, 15) is 12.8 Å². The smallest absolute Gasteiger partial charge is 0.264 e. The van der Waals surface area contributed by atoms with Crippen LogP contribution in [0, 0.1) is 12.7 Å². The summed E-state index contributed by atoms with van der Waals surface area (Å²) < 4.78 is 40.4. The molecule has 112 valence electrons. The zero-order valence-corrected chi connectivity index (χ0v) is 13.0. The van der Waals surface area contributed by atoms with E-state index in [1.54, 1.807) is 12.1 Å². The van der Waals surface area contributed by atoms with Crippen molar-refractivity contribution in [3.8, 4) is 0 Å². The minimum atomic E-state index is -3.92. The van der Waals surface area contributed by atoms with Crippen LogP contribution in [0.1, 0.15) is 30.9 Å². The van der Waals surface area contributed by atoms with Gasteiger partial charge in [0.15, 0.2) is 0 Å². The van der Waals surface area contributed by atoms with Gasteiger partial charge in [-0.1, -0.05) is 32.0 Å². The SMILES string of the molecule is Cc1cc(NS(=O)(=O)c2ccccc2F)ccc1C(C)C. The number of rotatable bonds is 4. The lowest BCUT2D eigenvalue weighted by Gasteiger charge is -2.13. The Balaban J connectivity index is 2.34. The number of sulfonamides is 1. The third kappa shape index (κ3) is 3.42. The van der Waals surface area contributed by atoms with E-state index >= 15 is 0 Å². The van der Waals surface area contributed by atoms with Crippen LogP contribution in [0.15, 0.2) is 47.4 Å². The molecule has 2 aromatic rings. The molecule has 5 heteroatoms. The van der Waals surface area contributed by atoms with E-state index in [4.69, 9.17) is 0 Å². The molecule has 0 fully saturated rings. The number of aryl methyl sites for hydroxylation is 1. The van der Waals surface area contributed by atoms with Crippen molar-refractivity contribution in [3.05, 3.63) is 59.4 Å². The molecule has 0 radical (unpaired) electrons. The van der Waals surface area contributed by atoms with Gasteiger partial charge in [-0.15, -0.1) is 0 Å². The minimum absolute atomic E-state index is 0.351. The summed E-state index contributed by atoms with van der Waals surface area (Å²) in [5, 5.41) is 0. The topological polar surface area (TPSA) is 46.2 Å². The van der Waals surface area contributed by atoms with Crippen molar-refractivity contribution in [2.45, 2.75) is 31.6 Å². The van der Waals surface area contributed by atoms with E-state index in [-0.39, 0.29) is 4.90 Å². The standard InChI is InChI=1S/C16H18FNO2S/c1-11(2)14-9-8-13(10-12(14)3)18-21(19,20)16-7-5-4-6-15(16)17/h4-11,18H,1-3H3. The quantitative estimate of drug-likeness (QED) is 0.926. The van der Waals surface area contributed by atoms with Gasteiger partial charge < -0.3 is 0 Å². The van der Waals surface area contributed by atoms with Crippen molar-refractivity contribution >= 4 is 15.7 Å². The monoisotopic (exact) mass is 307 g/mol. The highest BCUT2D eigenvalue weighted by atomic mass is 32.2. The summed E-state index contributed by atoms with van der Waals surface area (Å²) in [6, 6.07) is 10.7. The molecule has 2 rings (SSSR count). The van der Waals surface area contributed by atoms with E-state index in [1.165, 1.54) is 18.2 Å². The number of benzene rings is 2. The first-order valence-corrected chi connectivity index (χ1v) is 8.17. The lowest BCUT2D eigenvalue weighted by Crippen LogP contribution is -2.14. The summed E-state index contributed by atoms with van der Waals surface area (Å²) >= 11 is 0. The summed E-state index contributed by atoms with van der Waals surface area (Å²) in [7, 11) is -3.92. The highest BCUT2D eigenvalue weighted by Gasteiger charge is 2.18. The third-order valence-corrected chi connectivity index (χ3v) is 4.68. The summed E-state index contributed by atoms with van der Waals surface area (Å²) in [5.74, 6) is -0.400. The van der Waals surface area contributed by atoms with Crippen LogP contribution in [0.25, 0.3) is 0 Å². The summed E-state index contributed by atoms with van der Waals surface area (Å²) in [5.41, 5.74) is 2.59. The molecule has 0 aliphatic heterocycles. The number of nitrogens with one attached hydrogen (secondary N) is 1. The molecule has 0 aliphatic rings. The lowest BCUT2D eigenvalue weighted by atomic mass is 9.98. The Bertz CT molecular complexity index is 755. The molecule has 0 heterocycles. The van der Waals surface area contributed by atoms with E-state index in [1.807, 2.05) is 13.0 Å². The third-order valence-electron chi connectivity index (χ3n) is 3.27. The van der Waals surface area contributed by atoms with E-state index in [0.29, 0.717) is 11.6 Å². The molecular formula is C16H18FNO2S. The fourth-order valence-electron chi connectivity index (χ4n) is 2.26. The van der Waals surface area contributed by atoms with Crippen LogP contribution in [0.5, 0.6) is 0 Å². The molecule has 0 aromatic heterocycles. The Labute approximate surface area is 124 Å². The van der Waals surface area contributed by atoms with Gasteiger partial charge in [0.05, 0.1) is 0 Å². The first-order valence-electron chi connectivity index (χ1n) is 6.69. The van der Waals surface area contributed by atoms with Crippen LogP contribution >= 0.6 is 0 Å². The van der Waals surface area contributed by atoms with Crippen LogP contribution in [-0.2, 0) is 10.0 Å². The van der Waals surface area contributed by atoms with Gasteiger partial charge in [0.2, 0.25) is 0 Å². The Morgan fingerprint density at radius 3 is 2.33 bits per heavy atom. The number of hydrogen-bond donors (Lipinski definition) is 1. The van der Waals surface area contributed by atoms with Crippen LogP contribution < -0.4 is 4.72 Å². The average molecular weight is 307 g/mol. The summed E-state index contributed by atoms with van der Waals surface area (Å²) in [6.07, 6.45) is 0. The largest absolute Gasteiger partial charge is 0.280 e. The van der Waals surface area contributed by atoms with Gasteiger partial charge in [0, 0.05) is 5.69 Å². The van der Waals surface area contributed by atoms with Crippen LogP contribution in [0.2, 0.25) is 0 Å². The van der Waals surface area contributed by atoms with Crippen molar-refractivity contribution < 1.29 is 12.8 Å². The van der Waals surface area contributed by atoms with Crippen LogP contribution in [0.3, 0.4) is 0 Å². The molecule has 21 heavy (non-hydrogen) atoms. The van der Waals surface area contributed by atoms with Crippen LogP contribution in [-0.4, -0.2) is 8.42 Å². The van der Waals surface area contributed by atoms with Crippen molar-refractivity contribution in [2.24, 2.45) is 0 Å². The highest BCUT2D eigenvalue weighted by Crippen LogP contribution is 2.24. The molecule has 0 amide bonds. The maximum Gasteiger partial charge on any atom is 0.264 e. The first-order chi connectivity index (χ1) is 9.81. The van der Waals surface area contributed by atoms with Gasteiger partial charge in [-0.25, -0.2) is 12.8 Å². The predicted molar refractivity (Wildman–Crippen MR) is 82.5 cm³/mol. The first kappa shape index (κ1) is 15.5. The number of halogens is 1. The van der Waals surface area contributed by atoms with Crippen molar-refractivity contribution in [3.63, 3.8) is 0 Å².